The lowest BCUT2D eigenvalue weighted by Crippen LogP contribution is -2.27. The fourth-order valence-electron chi connectivity index (χ4n) is 2.09. The van der Waals surface area contributed by atoms with Crippen LogP contribution in [0.2, 0.25) is 5.02 Å². The standard InChI is InChI=1S/C18H18ClNO5/c1-11(25-10-12-6-4-3-5-7-12)17(21)20-15-9-16(24-2)13(18(22)23)8-14(15)19/h3-9,11H,10H2,1-2H3,(H,20,21)(H,22,23). The van der Waals surface area contributed by atoms with Crippen LogP contribution in [0.1, 0.15) is 22.8 Å². The van der Waals surface area contributed by atoms with Crippen LogP contribution in [0, 0.1) is 0 Å². The zero-order valence-corrected chi connectivity index (χ0v) is 14.5. The molecule has 6 nitrogen and oxygen atoms in total. The van der Waals surface area contributed by atoms with Gasteiger partial charge in [-0.15, -0.1) is 0 Å². The number of benzene rings is 2. The quantitative estimate of drug-likeness (QED) is 0.785. The summed E-state index contributed by atoms with van der Waals surface area (Å²) in [4.78, 5) is 23.4. The summed E-state index contributed by atoms with van der Waals surface area (Å²) in [6.07, 6.45) is -0.721. The lowest BCUT2D eigenvalue weighted by Gasteiger charge is -2.15. The highest BCUT2D eigenvalue weighted by molar-refractivity contribution is 6.34. The van der Waals surface area contributed by atoms with Crippen LogP contribution in [-0.2, 0) is 16.1 Å². The normalized spacial score (nSPS) is 11.6. The van der Waals surface area contributed by atoms with E-state index in [1.807, 2.05) is 30.3 Å². The van der Waals surface area contributed by atoms with Gasteiger partial charge in [0.15, 0.2) is 0 Å². The van der Waals surface area contributed by atoms with Gasteiger partial charge in [-0.2, -0.15) is 0 Å². The van der Waals surface area contributed by atoms with E-state index in [1.54, 1.807) is 6.92 Å². The van der Waals surface area contributed by atoms with Gasteiger partial charge in [0.2, 0.25) is 0 Å². The van der Waals surface area contributed by atoms with E-state index in [-0.39, 0.29) is 22.0 Å². The molecule has 25 heavy (non-hydrogen) atoms. The number of carbonyl (C=O) groups excluding carboxylic acids is 1. The first kappa shape index (κ1) is 18.8. The van der Waals surface area contributed by atoms with Crippen molar-refractivity contribution in [2.45, 2.75) is 19.6 Å². The maximum absolute atomic E-state index is 12.3. The van der Waals surface area contributed by atoms with Crippen molar-refractivity contribution in [2.75, 3.05) is 12.4 Å². The Kier molecular flexibility index (Phi) is 6.38. The number of nitrogens with one attached hydrogen (secondary N) is 1. The first-order valence-electron chi connectivity index (χ1n) is 7.49. The second-order valence-corrected chi connectivity index (χ2v) is 5.67. The summed E-state index contributed by atoms with van der Waals surface area (Å²) in [6.45, 7) is 1.92. The average molecular weight is 364 g/mol. The van der Waals surface area contributed by atoms with Gasteiger partial charge in [0, 0.05) is 6.07 Å². The minimum absolute atomic E-state index is 0.0844. The SMILES string of the molecule is COc1cc(NC(=O)C(C)OCc2ccccc2)c(Cl)cc1C(=O)O. The molecule has 0 aliphatic rings. The molecule has 2 N–H and O–H groups in total. The lowest BCUT2D eigenvalue weighted by molar-refractivity contribution is -0.127. The number of hydrogen-bond acceptors (Lipinski definition) is 4. The Balaban J connectivity index is 2.05. The molecule has 1 amide bonds. The number of amides is 1. The Morgan fingerprint density at radius 3 is 2.52 bits per heavy atom. The number of rotatable bonds is 7. The van der Waals surface area contributed by atoms with Crippen molar-refractivity contribution in [3.05, 3.63) is 58.6 Å². The highest BCUT2D eigenvalue weighted by atomic mass is 35.5. The summed E-state index contributed by atoms with van der Waals surface area (Å²) in [5.74, 6) is -1.47. The van der Waals surface area contributed by atoms with Crippen molar-refractivity contribution in [3.63, 3.8) is 0 Å². The van der Waals surface area contributed by atoms with Gasteiger partial charge >= 0.3 is 5.97 Å². The molecule has 0 saturated carbocycles. The molecule has 7 heteroatoms. The van der Waals surface area contributed by atoms with E-state index in [9.17, 15) is 9.59 Å². The van der Waals surface area contributed by atoms with Crippen LogP contribution in [0.15, 0.2) is 42.5 Å². The third-order valence-corrected chi connectivity index (χ3v) is 3.80. The highest BCUT2D eigenvalue weighted by Gasteiger charge is 2.19. The van der Waals surface area contributed by atoms with E-state index >= 15 is 0 Å². The zero-order valence-electron chi connectivity index (χ0n) is 13.8. The minimum atomic E-state index is -1.17. The summed E-state index contributed by atoms with van der Waals surface area (Å²) in [5, 5.41) is 11.8. The van der Waals surface area contributed by atoms with Gasteiger partial charge in [-0.3, -0.25) is 4.79 Å². The molecule has 2 rings (SSSR count). The van der Waals surface area contributed by atoms with E-state index in [2.05, 4.69) is 5.32 Å². The van der Waals surface area contributed by atoms with E-state index in [0.717, 1.165) is 5.56 Å². The molecule has 0 aliphatic carbocycles. The summed E-state index contributed by atoms with van der Waals surface area (Å²) in [5.41, 5.74) is 1.12. The number of carboxylic acid groups (broad SMARTS) is 1. The second-order valence-electron chi connectivity index (χ2n) is 5.27. The first-order valence-corrected chi connectivity index (χ1v) is 7.87. The molecule has 2 aromatic carbocycles. The van der Waals surface area contributed by atoms with E-state index in [1.165, 1.54) is 19.2 Å². The third-order valence-electron chi connectivity index (χ3n) is 3.49. The Morgan fingerprint density at radius 2 is 1.92 bits per heavy atom. The monoisotopic (exact) mass is 363 g/mol. The molecule has 0 saturated heterocycles. The van der Waals surface area contributed by atoms with Crippen molar-refractivity contribution in [1.82, 2.24) is 0 Å². The second kappa shape index (κ2) is 8.50. The molecule has 0 spiro atoms. The molecule has 0 bridgehead atoms. The molecule has 0 radical (unpaired) electrons. The number of carbonyl (C=O) groups is 2. The highest BCUT2D eigenvalue weighted by Crippen LogP contribution is 2.31. The Labute approximate surface area is 150 Å². The molecule has 2 aromatic rings. The zero-order chi connectivity index (χ0) is 18.4. The average Bonchev–Trinajstić information content (AvgIpc) is 2.61. The summed E-state index contributed by atoms with van der Waals surface area (Å²) < 4.78 is 10.6. The fourth-order valence-corrected chi connectivity index (χ4v) is 2.30. The van der Waals surface area contributed by atoms with Crippen molar-refractivity contribution in [2.24, 2.45) is 0 Å². The van der Waals surface area contributed by atoms with Gasteiger partial charge in [-0.1, -0.05) is 41.9 Å². The molecule has 0 aromatic heterocycles. The van der Waals surface area contributed by atoms with Crippen LogP contribution in [0.5, 0.6) is 5.75 Å². The smallest absolute Gasteiger partial charge is 0.339 e. The Hall–Kier alpha value is -2.57. The number of hydrogen-bond donors (Lipinski definition) is 2. The van der Waals surface area contributed by atoms with Gasteiger partial charge in [-0.05, 0) is 18.6 Å². The van der Waals surface area contributed by atoms with Gasteiger partial charge in [-0.25, -0.2) is 4.79 Å². The molecule has 1 unspecified atom stereocenters. The number of ether oxygens (including phenoxy) is 2. The number of carboxylic acids is 1. The fraction of sp³-hybridized carbons (Fsp3) is 0.222. The number of anilines is 1. The van der Waals surface area contributed by atoms with Gasteiger partial charge in [0.25, 0.3) is 5.91 Å². The van der Waals surface area contributed by atoms with Crippen molar-refractivity contribution in [1.29, 1.82) is 0 Å². The van der Waals surface area contributed by atoms with Crippen LogP contribution in [0.4, 0.5) is 5.69 Å². The summed E-state index contributed by atoms with van der Waals surface area (Å²) in [7, 11) is 1.34. The van der Waals surface area contributed by atoms with Gasteiger partial charge in [0.05, 0.1) is 24.4 Å². The summed E-state index contributed by atoms with van der Waals surface area (Å²) in [6, 6.07) is 12.1. The summed E-state index contributed by atoms with van der Waals surface area (Å²) >= 11 is 6.05. The van der Waals surface area contributed by atoms with Crippen LogP contribution in [0.3, 0.4) is 0 Å². The molecule has 0 heterocycles. The predicted octanol–water partition coefficient (Wildman–Crippen LogP) is 3.59. The van der Waals surface area contributed by atoms with Crippen LogP contribution >= 0.6 is 11.6 Å². The van der Waals surface area contributed by atoms with Crippen molar-refractivity contribution >= 4 is 29.2 Å². The molecule has 0 fully saturated rings. The minimum Gasteiger partial charge on any atom is -0.496 e. The van der Waals surface area contributed by atoms with Crippen LogP contribution < -0.4 is 10.1 Å². The van der Waals surface area contributed by atoms with Gasteiger partial charge in [0.1, 0.15) is 17.4 Å². The van der Waals surface area contributed by atoms with E-state index in [0.29, 0.717) is 6.61 Å². The molecule has 132 valence electrons. The van der Waals surface area contributed by atoms with E-state index < -0.39 is 18.0 Å². The maximum atomic E-state index is 12.3. The maximum Gasteiger partial charge on any atom is 0.339 e. The number of aromatic carboxylic acids is 1. The third kappa shape index (κ3) is 4.95. The van der Waals surface area contributed by atoms with Gasteiger partial charge < -0.3 is 19.9 Å². The molecular weight excluding hydrogens is 346 g/mol. The molecular formula is C18H18ClNO5. The Bertz CT molecular complexity index is 764. The Morgan fingerprint density at radius 1 is 1.24 bits per heavy atom. The van der Waals surface area contributed by atoms with Crippen LogP contribution in [-0.4, -0.2) is 30.2 Å². The lowest BCUT2D eigenvalue weighted by atomic mass is 10.1. The number of methoxy groups -OCH3 is 1. The topological polar surface area (TPSA) is 84.9 Å². The number of halogens is 1. The predicted molar refractivity (Wildman–Crippen MR) is 94.3 cm³/mol. The molecule has 0 aliphatic heterocycles. The van der Waals surface area contributed by atoms with Crippen molar-refractivity contribution in [3.8, 4) is 5.75 Å². The molecule has 1 atom stereocenters. The van der Waals surface area contributed by atoms with Crippen LogP contribution in [0.25, 0.3) is 0 Å². The first-order chi connectivity index (χ1) is 11.9. The largest absolute Gasteiger partial charge is 0.496 e. The van der Waals surface area contributed by atoms with Crippen molar-refractivity contribution < 1.29 is 24.2 Å². The van der Waals surface area contributed by atoms with E-state index in [4.69, 9.17) is 26.2 Å².